The van der Waals surface area contributed by atoms with Gasteiger partial charge in [0.05, 0.1) is 6.10 Å². The van der Waals surface area contributed by atoms with Crippen molar-refractivity contribution in [2.24, 2.45) is 11.8 Å². The monoisotopic (exact) mass is 421 g/mol. The van der Waals surface area contributed by atoms with Gasteiger partial charge in [0, 0.05) is 30.7 Å². The molecule has 0 aromatic carbocycles. The Balaban J connectivity index is 1.83. The summed E-state index contributed by atoms with van der Waals surface area (Å²) in [5.41, 5.74) is 0. The lowest BCUT2D eigenvalue weighted by molar-refractivity contribution is -0.121. The second-order valence-electron chi connectivity index (χ2n) is 8.81. The standard InChI is InChI=1S/C24H39NO5/c1-4-5-8-11-18(26)14-15-20-19(21-16-22(20)30-24(28)29-21)12-9-6-7-10-13-23(27)25-17(2)3/h6,9,14-15,17-22,26H,4-5,7-8,10-13,16H2,1-3H3,(H,25,27)/b9-6-,15-14+/t18?,19-,20-,21+,22-/m1/s1. The predicted molar refractivity (Wildman–Crippen MR) is 117 cm³/mol. The first-order chi connectivity index (χ1) is 14.4. The minimum atomic E-state index is -0.583. The van der Waals surface area contributed by atoms with Crippen LogP contribution in [0.15, 0.2) is 24.3 Å². The maximum Gasteiger partial charge on any atom is 0.508 e. The predicted octanol–water partition coefficient (Wildman–Crippen LogP) is 4.67. The van der Waals surface area contributed by atoms with Gasteiger partial charge in [-0.2, -0.15) is 0 Å². The van der Waals surface area contributed by atoms with Gasteiger partial charge in [0.25, 0.3) is 0 Å². The quantitative estimate of drug-likeness (QED) is 0.257. The molecule has 2 aliphatic rings. The molecule has 1 aliphatic heterocycles. The Hall–Kier alpha value is -1.82. The molecular weight excluding hydrogens is 382 g/mol. The molecule has 1 unspecified atom stereocenters. The van der Waals surface area contributed by atoms with Gasteiger partial charge in [-0.15, -0.1) is 0 Å². The second kappa shape index (κ2) is 12.8. The summed E-state index contributed by atoms with van der Waals surface area (Å²) < 4.78 is 10.8. The highest BCUT2D eigenvalue weighted by Gasteiger charge is 2.49. The molecule has 1 saturated heterocycles. The van der Waals surface area contributed by atoms with Crippen molar-refractivity contribution in [2.45, 2.75) is 103 Å². The number of unbranched alkanes of at least 4 members (excludes halogenated alkanes) is 3. The van der Waals surface area contributed by atoms with Gasteiger partial charge < -0.3 is 19.9 Å². The van der Waals surface area contributed by atoms with Gasteiger partial charge in [0.15, 0.2) is 0 Å². The number of hydrogen-bond acceptors (Lipinski definition) is 5. The minimum Gasteiger partial charge on any atom is -0.430 e. The third kappa shape index (κ3) is 8.13. The molecule has 1 aliphatic carbocycles. The number of fused-ring (bicyclic) bond motifs is 2. The van der Waals surface area contributed by atoms with E-state index in [9.17, 15) is 14.7 Å². The Labute approximate surface area is 181 Å². The molecule has 5 atom stereocenters. The number of nitrogens with one attached hydrogen (secondary N) is 1. The molecular formula is C24H39NO5. The summed E-state index contributed by atoms with van der Waals surface area (Å²) in [6.45, 7) is 6.07. The van der Waals surface area contributed by atoms with Crippen LogP contribution in [0.3, 0.4) is 0 Å². The van der Waals surface area contributed by atoms with E-state index in [0.717, 1.165) is 44.9 Å². The van der Waals surface area contributed by atoms with Gasteiger partial charge in [-0.3, -0.25) is 4.79 Å². The Kier molecular flexibility index (Phi) is 10.4. The van der Waals surface area contributed by atoms with Crippen molar-refractivity contribution in [3.63, 3.8) is 0 Å². The number of hydrogen-bond donors (Lipinski definition) is 2. The fraction of sp³-hybridized carbons (Fsp3) is 0.750. The van der Waals surface area contributed by atoms with Crippen LogP contribution in [-0.4, -0.2) is 41.5 Å². The lowest BCUT2D eigenvalue weighted by Crippen LogP contribution is -2.29. The van der Waals surface area contributed by atoms with Crippen LogP contribution in [0.4, 0.5) is 4.79 Å². The number of ether oxygens (including phenoxy) is 2. The highest BCUT2D eigenvalue weighted by Crippen LogP contribution is 2.43. The van der Waals surface area contributed by atoms with Gasteiger partial charge in [-0.25, -0.2) is 4.79 Å². The first-order valence-corrected chi connectivity index (χ1v) is 11.6. The van der Waals surface area contributed by atoms with Crippen LogP contribution in [0.1, 0.15) is 78.6 Å². The van der Waals surface area contributed by atoms with Crippen LogP contribution >= 0.6 is 0 Å². The number of rotatable bonds is 13. The first-order valence-electron chi connectivity index (χ1n) is 11.6. The first kappa shape index (κ1) is 24.4. The number of amides is 1. The Morgan fingerprint density at radius 2 is 1.97 bits per heavy atom. The van der Waals surface area contributed by atoms with Crippen molar-refractivity contribution in [3.05, 3.63) is 24.3 Å². The SMILES string of the molecule is CCCCCC(O)/C=C/[C@@H]1[C@@H](C/C=C\CCCC(=O)NC(C)C)[C@@H]2C[C@H]1OC(=O)O2. The zero-order valence-electron chi connectivity index (χ0n) is 18.7. The van der Waals surface area contributed by atoms with E-state index in [1.54, 1.807) is 0 Å². The van der Waals surface area contributed by atoms with E-state index in [2.05, 4.69) is 24.4 Å². The van der Waals surface area contributed by atoms with E-state index in [1.807, 2.05) is 26.0 Å². The molecule has 0 aromatic rings. The van der Waals surface area contributed by atoms with Crippen LogP contribution in [0.5, 0.6) is 0 Å². The highest BCUT2D eigenvalue weighted by atomic mass is 16.7. The fourth-order valence-corrected chi connectivity index (χ4v) is 4.30. The fourth-order valence-electron chi connectivity index (χ4n) is 4.30. The Bertz CT molecular complexity index is 600. The molecule has 6 heteroatoms. The van der Waals surface area contributed by atoms with E-state index < -0.39 is 12.3 Å². The minimum absolute atomic E-state index is 0.0590. The smallest absolute Gasteiger partial charge is 0.430 e. The summed E-state index contributed by atoms with van der Waals surface area (Å²) in [6, 6.07) is 0.176. The zero-order valence-corrected chi connectivity index (χ0v) is 18.7. The zero-order chi connectivity index (χ0) is 21.9. The highest BCUT2D eigenvalue weighted by molar-refractivity contribution is 5.76. The van der Waals surface area contributed by atoms with Gasteiger partial charge in [0.1, 0.15) is 12.2 Å². The van der Waals surface area contributed by atoms with Crippen molar-refractivity contribution in [3.8, 4) is 0 Å². The Morgan fingerprint density at radius 3 is 2.70 bits per heavy atom. The molecule has 1 saturated carbocycles. The number of carbonyl (C=O) groups excluding carboxylic acids is 2. The third-order valence-electron chi connectivity index (χ3n) is 5.82. The summed E-state index contributed by atoms with van der Waals surface area (Å²) in [4.78, 5) is 23.4. The summed E-state index contributed by atoms with van der Waals surface area (Å²) in [5, 5.41) is 13.1. The third-order valence-corrected chi connectivity index (χ3v) is 5.82. The molecule has 30 heavy (non-hydrogen) atoms. The van der Waals surface area contributed by atoms with Gasteiger partial charge >= 0.3 is 6.16 Å². The van der Waals surface area contributed by atoms with Crippen molar-refractivity contribution >= 4 is 12.1 Å². The summed E-state index contributed by atoms with van der Waals surface area (Å²) >= 11 is 0. The van der Waals surface area contributed by atoms with Crippen molar-refractivity contribution in [2.75, 3.05) is 0 Å². The lowest BCUT2D eigenvalue weighted by atomic mass is 9.89. The average molecular weight is 422 g/mol. The van der Waals surface area contributed by atoms with Crippen LogP contribution in [0.25, 0.3) is 0 Å². The molecule has 0 aromatic heterocycles. The molecule has 2 fully saturated rings. The number of carbonyl (C=O) groups is 2. The van der Waals surface area contributed by atoms with Crippen LogP contribution in [0, 0.1) is 11.8 Å². The van der Waals surface area contributed by atoms with Gasteiger partial charge in [0.2, 0.25) is 5.91 Å². The topological polar surface area (TPSA) is 84.9 Å². The number of aliphatic hydroxyl groups excluding tert-OH is 1. The van der Waals surface area contributed by atoms with Gasteiger partial charge in [-0.1, -0.05) is 50.5 Å². The molecule has 0 spiro atoms. The average Bonchev–Trinajstić information content (AvgIpc) is 2.91. The van der Waals surface area contributed by atoms with E-state index in [-0.39, 0.29) is 36.0 Å². The van der Waals surface area contributed by atoms with Crippen LogP contribution in [0.2, 0.25) is 0 Å². The lowest BCUT2D eigenvalue weighted by Gasteiger charge is -2.20. The largest absolute Gasteiger partial charge is 0.508 e. The van der Waals surface area contributed by atoms with E-state index in [4.69, 9.17) is 9.47 Å². The molecule has 170 valence electrons. The molecule has 0 radical (unpaired) electrons. The van der Waals surface area contributed by atoms with Crippen molar-refractivity contribution in [1.82, 2.24) is 5.32 Å². The van der Waals surface area contributed by atoms with Crippen molar-refractivity contribution in [1.29, 1.82) is 0 Å². The Morgan fingerprint density at radius 1 is 1.20 bits per heavy atom. The normalized spacial score (nSPS) is 26.9. The molecule has 6 nitrogen and oxygen atoms in total. The van der Waals surface area contributed by atoms with Gasteiger partial charge in [-0.05, 0) is 39.5 Å². The van der Waals surface area contributed by atoms with Crippen LogP contribution in [-0.2, 0) is 14.3 Å². The summed E-state index contributed by atoms with van der Waals surface area (Å²) in [5.74, 6) is 0.305. The molecule has 1 heterocycles. The summed E-state index contributed by atoms with van der Waals surface area (Å²) in [6.07, 6.45) is 14.5. The number of allylic oxidation sites excluding steroid dienone is 2. The maximum absolute atomic E-state index is 11.7. The van der Waals surface area contributed by atoms with E-state index in [1.165, 1.54) is 0 Å². The van der Waals surface area contributed by atoms with Crippen LogP contribution < -0.4 is 5.32 Å². The molecule has 2 bridgehead atoms. The maximum atomic E-state index is 11.7. The summed E-state index contributed by atoms with van der Waals surface area (Å²) in [7, 11) is 0. The molecule has 1 amide bonds. The molecule has 2 rings (SSSR count). The van der Waals surface area contributed by atoms with E-state index in [0.29, 0.717) is 12.8 Å². The van der Waals surface area contributed by atoms with Crippen molar-refractivity contribution < 1.29 is 24.2 Å². The van der Waals surface area contributed by atoms with E-state index >= 15 is 0 Å². The molecule has 2 N–H and O–H groups in total. The number of aliphatic hydroxyl groups is 1. The second-order valence-corrected chi connectivity index (χ2v) is 8.81.